The van der Waals surface area contributed by atoms with Crippen molar-refractivity contribution in [3.63, 3.8) is 0 Å². The number of aryl methyl sites for hydroxylation is 1. The van der Waals surface area contributed by atoms with Gasteiger partial charge in [0.25, 0.3) is 0 Å². The predicted octanol–water partition coefficient (Wildman–Crippen LogP) is 2.41. The normalized spacial score (nSPS) is 11.3. The van der Waals surface area contributed by atoms with E-state index in [1.807, 2.05) is 31.2 Å². The molecule has 20 heavy (non-hydrogen) atoms. The van der Waals surface area contributed by atoms with Crippen LogP contribution < -0.4 is 4.74 Å². The van der Waals surface area contributed by atoms with Gasteiger partial charge in [-0.1, -0.05) is 19.1 Å². The molecule has 0 saturated carbocycles. The van der Waals surface area contributed by atoms with Crippen LogP contribution in [0.5, 0.6) is 5.75 Å². The fraction of sp³-hybridized carbons (Fsp3) is 0.533. The minimum Gasteiger partial charge on any atom is -0.493 e. The molecule has 0 radical (unpaired) electrons. The van der Waals surface area contributed by atoms with E-state index in [0.29, 0.717) is 18.6 Å². The summed E-state index contributed by atoms with van der Waals surface area (Å²) < 4.78 is 28.4. The SMILES string of the molecule is CCCS(=O)(=O)CCOc1ccc(CCC(C)=O)cc1. The minimum atomic E-state index is -2.99. The molecule has 0 bridgehead atoms. The van der Waals surface area contributed by atoms with Gasteiger partial charge < -0.3 is 9.53 Å². The van der Waals surface area contributed by atoms with Crippen molar-refractivity contribution >= 4 is 15.6 Å². The van der Waals surface area contributed by atoms with Gasteiger partial charge in [-0.05, 0) is 37.5 Å². The number of ether oxygens (including phenoxy) is 1. The van der Waals surface area contributed by atoms with Crippen LogP contribution in [0.1, 0.15) is 32.3 Å². The number of sulfone groups is 1. The highest BCUT2D eigenvalue weighted by molar-refractivity contribution is 7.91. The largest absolute Gasteiger partial charge is 0.493 e. The van der Waals surface area contributed by atoms with Gasteiger partial charge in [-0.25, -0.2) is 8.42 Å². The van der Waals surface area contributed by atoms with Crippen molar-refractivity contribution in [1.82, 2.24) is 0 Å². The first-order valence-corrected chi connectivity index (χ1v) is 8.66. The summed E-state index contributed by atoms with van der Waals surface area (Å²) in [6.07, 6.45) is 1.89. The lowest BCUT2D eigenvalue weighted by molar-refractivity contribution is -0.116. The molecule has 0 aliphatic rings. The van der Waals surface area contributed by atoms with Gasteiger partial charge in [0.2, 0.25) is 0 Å². The molecular weight excluding hydrogens is 276 g/mol. The maximum absolute atomic E-state index is 11.5. The molecule has 112 valence electrons. The summed E-state index contributed by atoms with van der Waals surface area (Å²) in [6, 6.07) is 7.42. The molecule has 0 heterocycles. The van der Waals surface area contributed by atoms with Crippen molar-refractivity contribution in [1.29, 1.82) is 0 Å². The highest BCUT2D eigenvalue weighted by Gasteiger charge is 2.09. The average molecular weight is 298 g/mol. The molecule has 0 aliphatic heterocycles. The summed E-state index contributed by atoms with van der Waals surface area (Å²) >= 11 is 0. The maximum Gasteiger partial charge on any atom is 0.153 e. The number of carbonyl (C=O) groups excluding carboxylic acids is 1. The predicted molar refractivity (Wildman–Crippen MR) is 79.9 cm³/mol. The summed E-state index contributed by atoms with van der Waals surface area (Å²) in [5.74, 6) is 1.09. The molecule has 0 amide bonds. The van der Waals surface area contributed by atoms with E-state index in [0.717, 1.165) is 12.0 Å². The topological polar surface area (TPSA) is 60.4 Å². The lowest BCUT2D eigenvalue weighted by Crippen LogP contribution is -2.16. The number of Topliss-reactive ketones (excluding diaryl/α,β-unsaturated/α-hetero) is 1. The van der Waals surface area contributed by atoms with E-state index >= 15 is 0 Å². The Kier molecular flexibility index (Phi) is 6.71. The summed E-state index contributed by atoms with van der Waals surface area (Å²) in [7, 11) is -2.99. The van der Waals surface area contributed by atoms with Crippen molar-refractivity contribution in [2.75, 3.05) is 18.1 Å². The molecule has 1 aromatic carbocycles. The minimum absolute atomic E-state index is 0.0485. The van der Waals surface area contributed by atoms with Gasteiger partial charge in [0, 0.05) is 6.42 Å². The first-order chi connectivity index (χ1) is 9.43. The highest BCUT2D eigenvalue weighted by Crippen LogP contribution is 2.13. The Balaban J connectivity index is 2.40. The van der Waals surface area contributed by atoms with Gasteiger partial charge in [0.15, 0.2) is 9.84 Å². The molecule has 0 atom stereocenters. The lowest BCUT2D eigenvalue weighted by Gasteiger charge is -2.07. The van der Waals surface area contributed by atoms with Gasteiger partial charge >= 0.3 is 0 Å². The first-order valence-electron chi connectivity index (χ1n) is 6.84. The zero-order chi connectivity index (χ0) is 15.0. The fourth-order valence-electron chi connectivity index (χ4n) is 1.77. The zero-order valence-corrected chi connectivity index (χ0v) is 12.9. The Hall–Kier alpha value is -1.36. The second-order valence-corrected chi connectivity index (χ2v) is 7.15. The van der Waals surface area contributed by atoms with Gasteiger partial charge in [-0.2, -0.15) is 0 Å². The van der Waals surface area contributed by atoms with E-state index in [1.165, 1.54) is 0 Å². The Morgan fingerprint density at radius 2 is 1.80 bits per heavy atom. The summed E-state index contributed by atoms with van der Waals surface area (Å²) in [4.78, 5) is 10.9. The van der Waals surface area contributed by atoms with Crippen molar-refractivity contribution in [3.05, 3.63) is 29.8 Å². The van der Waals surface area contributed by atoms with E-state index in [9.17, 15) is 13.2 Å². The number of hydrogen-bond acceptors (Lipinski definition) is 4. The summed E-state index contributed by atoms with van der Waals surface area (Å²) in [5.41, 5.74) is 1.08. The number of benzene rings is 1. The third-order valence-electron chi connectivity index (χ3n) is 2.87. The van der Waals surface area contributed by atoms with E-state index in [-0.39, 0.29) is 23.9 Å². The molecule has 0 spiro atoms. The van der Waals surface area contributed by atoms with Crippen LogP contribution in [0.4, 0.5) is 0 Å². The van der Waals surface area contributed by atoms with Crippen LogP contribution in [0.2, 0.25) is 0 Å². The van der Waals surface area contributed by atoms with Crippen molar-refractivity contribution in [2.24, 2.45) is 0 Å². The van der Waals surface area contributed by atoms with Crippen molar-refractivity contribution in [2.45, 2.75) is 33.1 Å². The maximum atomic E-state index is 11.5. The fourth-order valence-corrected chi connectivity index (χ4v) is 2.94. The van der Waals surface area contributed by atoms with Gasteiger partial charge in [-0.15, -0.1) is 0 Å². The van der Waals surface area contributed by atoms with E-state index in [2.05, 4.69) is 0 Å². The molecule has 0 saturated heterocycles. The van der Waals surface area contributed by atoms with E-state index in [4.69, 9.17) is 4.74 Å². The monoisotopic (exact) mass is 298 g/mol. The molecule has 1 rings (SSSR count). The Bertz CT molecular complexity index is 517. The quantitative estimate of drug-likeness (QED) is 0.702. The third kappa shape index (κ3) is 6.70. The Morgan fingerprint density at radius 3 is 2.35 bits per heavy atom. The molecule has 0 aliphatic carbocycles. The van der Waals surface area contributed by atoms with Crippen LogP contribution in [0, 0.1) is 0 Å². The van der Waals surface area contributed by atoms with Crippen LogP contribution in [0.15, 0.2) is 24.3 Å². The number of carbonyl (C=O) groups is 1. The highest BCUT2D eigenvalue weighted by atomic mass is 32.2. The van der Waals surface area contributed by atoms with E-state index < -0.39 is 9.84 Å². The number of hydrogen-bond donors (Lipinski definition) is 0. The van der Waals surface area contributed by atoms with Crippen molar-refractivity contribution in [3.8, 4) is 5.75 Å². The molecular formula is C15H22O4S. The van der Waals surface area contributed by atoms with E-state index in [1.54, 1.807) is 6.92 Å². The zero-order valence-electron chi connectivity index (χ0n) is 12.1. The molecule has 4 nitrogen and oxygen atoms in total. The summed E-state index contributed by atoms with van der Waals surface area (Å²) in [5, 5.41) is 0. The lowest BCUT2D eigenvalue weighted by atomic mass is 10.1. The standard InChI is InChI=1S/C15H22O4S/c1-3-11-20(17,18)12-10-19-15-8-6-14(7-9-15)5-4-13(2)16/h6-9H,3-5,10-12H2,1-2H3. The molecule has 1 aromatic rings. The van der Waals surface area contributed by atoms with Crippen LogP contribution in [-0.2, 0) is 21.1 Å². The number of rotatable bonds is 9. The average Bonchev–Trinajstić information content (AvgIpc) is 2.37. The molecule has 0 aromatic heterocycles. The molecule has 0 unspecified atom stereocenters. The van der Waals surface area contributed by atoms with Crippen LogP contribution in [0.3, 0.4) is 0 Å². The number of ketones is 1. The van der Waals surface area contributed by atoms with Gasteiger partial charge in [0.05, 0.1) is 11.5 Å². The van der Waals surface area contributed by atoms with Crippen molar-refractivity contribution < 1.29 is 17.9 Å². The third-order valence-corrected chi connectivity index (χ3v) is 4.69. The Morgan fingerprint density at radius 1 is 1.15 bits per heavy atom. The molecule has 5 heteroatoms. The van der Waals surface area contributed by atoms with Gasteiger partial charge in [0.1, 0.15) is 18.1 Å². The Labute approximate surface area is 121 Å². The van der Waals surface area contributed by atoms with Crippen LogP contribution in [0.25, 0.3) is 0 Å². The van der Waals surface area contributed by atoms with Gasteiger partial charge in [-0.3, -0.25) is 0 Å². The summed E-state index contributed by atoms with van der Waals surface area (Å²) in [6.45, 7) is 3.60. The van der Waals surface area contributed by atoms with Crippen LogP contribution in [-0.4, -0.2) is 32.3 Å². The smallest absolute Gasteiger partial charge is 0.153 e. The first kappa shape index (κ1) is 16.7. The second kappa shape index (κ2) is 8.04. The molecule has 0 fully saturated rings. The molecule has 0 N–H and O–H groups in total. The second-order valence-electron chi connectivity index (χ2n) is 4.85. The van der Waals surface area contributed by atoms with Crippen LogP contribution >= 0.6 is 0 Å².